The number of hydrogen-bond acceptors (Lipinski definition) is 5. The second-order valence-corrected chi connectivity index (χ2v) is 8.45. The standard InChI is InChI=1S/C27H27ClN2O5/c1-18-6-15-24(19(2)16-18)30-26(32)17-34-27(33)5-3-4-25(31)29-21-9-13-23(14-10-21)35-22-11-7-20(28)8-12-22/h6-16H,3-5,17H2,1-2H3,(H,29,31)(H,30,32). The molecule has 0 radical (unpaired) electrons. The summed E-state index contributed by atoms with van der Waals surface area (Å²) in [4.78, 5) is 36.1. The Morgan fingerprint density at radius 1 is 0.800 bits per heavy atom. The summed E-state index contributed by atoms with van der Waals surface area (Å²) in [6, 6.07) is 19.6. The fourth-order valence-electron chi connectivity index (χ4n) is 3.22. The number of aryl methyl sites for hydroxylation is 2. The van der Waals surface area contributed by atoms with Crippen LogP contribution in [0, 0.1) is 13.8 Å². The molecule has 3 aromatic rings. The molecule has 0 saturated carbocycles. The number of carbonyl (C=O) groups excluding carboxylic acids is 3. The van der Waals surface area contributed by atoms with Crippen LogP contribution in [0.5, 0.6) is 11.5 Å². The van der Waals surface area contributed by atoms with Crippen molar-refractivity contribution in [2.45, 2.75) is 33.1 Å². The summed E-state index contributed by atoms with van der Waals surface area (Å²) >= 11 is 5.86. The van der Waals surface area contributed by atoms with Crippen LogP contribution in [0.3, 0.4) is 0 Å². The number of anilines is 2. The van der Waals surface area contributed by atoms with Gasteiger partial charge in [0.25, 0.3) is 5.91 Å². The Morgan fingerprint density at radius 2 is 1.46 bits per heavy atom. The average molecular weight is 495 g/mol. The fraction of sp³-hybridized carbons (Fsp3) is 0.222. The number of benzene rings is 3. The van der Waals surface area contributed by atoms with Gasteiger partial charge >= 0.3 is 5.97 Å². The smallest absolute Gasteiger partial charge is 0.306 e. The molecule has 0 saturated heterocycles. The monoisotopic (exact) mass is 494 g/mol. The third-order valence-electron chi connectivity index (χ3n) is 4.99. The zero-order chi connectivity index (χ0) is 25.2. The Labute approximate surface area is 209 Å². The molecule has 0 aliphatic rings. The van der Waals surface area contributed by atoms with E-state index in [4.69, 9.17) is 21.1 Å². The van der Waals surface area contributed by atoms with E-state index in [1.165, 1.54) is 0 Å². The van der Waals surface area contributed by atoms with Crippen molar-refractivity contribution in [3.05, 3.63) is 82.9 Å². The maximum atomic E-state index is 12.2. The molecule has 0 aliphatic carbocycles. The third-order valence-corrected chi connectivity index (χ3v) is 5.24. The van der Waals surface area contributed by atoms with Gasteiger partial charge in [-0.05, 0) is 80.4 Å². The van der Waals surface area contributed by atoms with Gasteiger partial charge in [-0.15, -0.1) is 0 Å². The highest BCUT2D eigenvalue weighted by molar-refractivity contribution is 6.30. The van der Waals surface area contributed by atoms with Crippen molar-refractivity contribution >= 4 is 40.8 Å². The summed E-state index contributed by atoms with van der Waals surface area (Å²) in [5.74, 6) is 0.107. The largest absolute Gasteiger partial charge is 0.457 e. The maximum absolute atomic E-state index is 12.2. The van der Waals surface area contributed by atoms with Gasteiger partial charge in [0.15, 0.2) is 6.61 Å². The predicted molar refractivity (Wildman–Crippen MR) is 136 cm³/mol. The van der Waals surface area contributed by atoms with Crippen molar-refractivity contribution in [3.63, 3.8) is 0 Å². The molecule has 7 nitrogen and oxygen atoms in total. The summed E-state index contributed by atoms with van der Waals surface area (Å²) in [6.45, 7) is 3.49. The number of carbonyl (C=O) groups is 3. The van der Waals surface area contributed by atoms with Crippen LogP contribution in [0.2, 0.25) is 5.02 Å². The van der Waals surface area contributed by atoms with Crippen LogP contribution in [0.15, 0.2) is 66.7 Å². The highest BCUT2D eigenvalue weighted by atomic mass is 35.5. The van der Waals surface area contributed by atoms with Crippen molar-refractivity contribution in [1.82, 2.24) is 0 Å². The van der Waals surface area contributed by atoms with Crippen LogP contribution in [-0.4, -0.2) is 24.4 Å². The van der Waals surface area contributed by atoms with Crippen molar-refractivity contribution in [2.75, 3.05) is 17.2 Å². The molecule has 0 atom stereocenters. The first-order valence-corrected chi connectivity index (χ1v) is 11.5. The van der Waals surface area contributed by atoms with Gasteiger partial charge < -0.3 is 20.1 Å². The summed E-state index contributed by atoms with van der Waals surface area (Å²) in [5.41, 5.74) is 3.32. The first kappa shape index (κ1) is 25.8. The number of hydrogen-bond donors (Lipinski definition) is 2. The summed E-state index contributed by atoms with van der Waals surface area (Å²) in [7, 11) is 0. The minimum atomic E-state index is -0.530. The van der Waals surface area contributed by atoms with Gasteiger partial charge in [-0.3, -0.25) is 14.4 Å². The quantitative estimate of drug-likeness (QED) is 0.335. The lowest BCUT2D eigenvalue weighted by Gasteiger charge is -2.10. The van der Waals surface area contributed by atoms with Crippen LogP contribution in [0.4, 0.5) is 11.4 Å². The molecule has 3 rings (SSSR count). The van der Waals surface area contributed by atoms with E-state index in [1.807, 2.05) is 32.0 Å². The molecule has 0 fully saturated rings. The third kappa shape index (κ3) is 8.79. The lowest BCUT2D eigenvalue weighted by atomic mass is 10.1. The molecule has 0 aromatic heterocycles. The van der Waals surface area contributed by atoms with E-state index < -0.39 is 11.9 Å². The van der Waals surface area contributed by atoms with E-state index in [-0.39, 0.29) is 25.4 Å². The minimum Gasteiger partial charge on any atom is -0.457 e. The number of ether oxygens (including phenoxy) is 2. The number of esters is 1. The zero-order valence-electron chi connectivity index (χ0n) is 19.6. The second-order valence-electron chi connectivity index (χ2n) is 8.01. The molecule has 0 unspecified atom stereocenters. The molecule has 182 valence electrons. The number of amides is 2. The highest BCUT2D eigenvalue weighted by Gasteiger charge is 2.11. The average Bonchev–Trinajstić information content (AvgIpc) is 2.82. The summed E-state index contributed by atoms with van der Waals surface area (Å²) < 4.78 is 10.7. The Hall–Kier alpha value is -3.84. The fourth-order valence-corrected chi connectivity index (χ4v) is 3.35. The van der Waals surface area contributed by atoms with Crippen LogP contribution < -0.4 is 15.4 Å². The first-order chi connectivity index (χ1) is 16.8. The summed E-state index contributed by atoms with van der Waals surface area (Å²) in [6.07, 6.45) is 0.492. The van der Waals surface area contributed by atoms with E-state index >= 15 is 0 Å². The van der Waals surface area contributed by atoms with Gasteiger partial charge in [0, 0.05) is 29.2 Å². The highest BCUT2D eigenvalue weighted by Crippen LogP contribution is 2.24. The van der Waals surface area contributed by atoms with Gasteiger partial charge in [0.05, 0.1) is 0 Å². The normalized spacial score (nSPS) is 10.4. The van der Waals surface area contributed by atoms with Crippen LogP contribution in [-0.2, 0) is 19.1 Å². The molecule has 2 N–H and O–H groups in total. The Kier molecular flexibility index (Phi) is 9.26. The van der Waals surface area contributed by atoms with Crippen molar-refractivity contribution in [3.8, 4) is 11.5 Å². The second kappa shape index (κ2) is 12.6. The van der Waals surface area contributed by atoms with Crippen molar-refractivity contribution in [2.24, 2.45) is 0 Å². The van der Waals surface area contributed by atoms with Gasteiger partial charge in [0.2, 0.25) is 5.91 Å². The molecule has 0 bridgehead atoms. The number of nitrogens with one attached hydrogen (secondary N) is 2. The van der Waals surface area contributed by atoms with Crippen molar-refractivity contribution in [1.29, 1.82) is 0 Å². The molecule has 0 spiro atoms. The van der Waals surface area contributed by atoms with E-state index in [0.717, 1.165) is 11.1 Å². The molecular weight excluding hydrogens is 468 g/mol. The van der Waals surface area contributed by atoms with E-state index in [9.17, 15) is 14.4 Å². The lowest BCUT2D eigenvalue weighted by Crippen LogP contribution is -2.21. The minimum absolute atomic E-state index is 0.0398. The zero-order valence-corrected chi connectivity index (χ0v) is 20.4. The number of rotatable bonds is 10. The molecule has 8 heteroatoms. The Bertz CT molecular complexity index is 1180. The first-order valence-electron chi connectivity index (χ1n) is 11.1. The summed E-state index contributed by atoms with van der Waals surface area (Å²) in [5, 5.41) is 6.12. The molecule has 2 amide bonds. The Balaban J connectivity index is 1.33. The lowest BCUT2D eigenvalue weighted by molar-refractivity contribution is -0.147. The van der Waals surface area contributed by atoms with Crippen LogP contribution >= 0.6 is 11.6 Å². The van der Waals surface area contributed by atoms with Gasteiger partial charge in [-0.1, -0.05) is 29.3 Å². The van der Waals surface area contributed by atoms with E-state index in [0.29, 0.717) is 34.3 Å². The van der Waals surface area contributed by atoms with Gasteiger partial charge in [0.1, 0.15) is 11.5 Å². The topological polar surface area (TPSA) is 93.7 Å². The van der Waals surface area contributed by atoms with Crippen molar-refractivity contribution < 1.29 is 23.9 Å². The molecule has 0 aliphatic heterocycles. The number of halogens is 1. The van der Waals surface area contributed by atoms with Gasteiger partial charge in [-0.2, -0.15) is 0 Å². The maximum Gasteiger partial charge on any atom is 0.306 e. The molecule has 3 aromatic carbocycles. The Morgan fingerprint density at radius 3 is 2.11 bits per heavy atom. The predicted octanol–water partition coefficient (Wildman–Crippen LogP) is 6.04. The van der Waals surface area contributed by atoms with E-state index in [2.05, 4.69) is 10.6 Å². The SMILES string of the molecule is Cc1ccc(NC(=O)COC(=O)CCCC(=O)Nc2ccc(Oc3ccc(Cl)cc3)cc2)c(C)c1. The van der Waals surface area contributed by atoms with Crippen LogP contribution in [0.25, 0.3) is 0 Å². The van der Waals surface area contributed by atoms with E-state index in [1.54, 1.807) is 48.5 Å². The molecule has 35 heavy (non-hydrogen) atoms. The van der Waals surface area contributed by atoms with Crippen LogP contribution in [0.1, 0.15) is 30.4 Å². The van der Waals surface area contributed by atoms with Gasteiger partial charge in [-0.25, -0.2) is 0 Å². The molecule has 0 heterocycles. The molecular formula is C27H27ClN2O5.